The lowest BCUT2D eigenvalue weighted by molar-refractivity contribution is -0.123. The van der Waals surface area contributed by atoms with E-state index < -0.39 is 11.9 Å². The standard InChI is InChI=1S/C20H19FN4O/c21-18-8-2-1-7-17(18)19(24-13-15-5-3-9-22-11-15)20(26)25-14-16-6-4-10-23-12-16/h1-12,19,24H,13-14H2,(H,25,26). The summed E-state index contributed by atoms with van der Waals surface area (Å²) in [5.74, 6) is -0.726. The van der Waals surface area contributed by atoms with Crippen LogP contribution in [0.5, 0.6) is 0 Å². The molecule has 1 amide bonds. The molecule has 0 aliphatic carbocycles. The molecule has 1 atom stereocenters. The van der Waals surface area contributed by atoms with E-state index in [1.165, 1.54) is 6.07 Å². The average Bonchev–Trinajstić information content (AvgIpc) is 2.69. The fraction of sp³-hybridized carbons (Fsp3) is 0.150. The van der Waals surface area contributed by atoms with Crippen LogP contribution in [0.2, 0.25) is 0 Å². The van der Waals surface area contributed by atoms with Crippen molar-refractivity contribution >= 4 is 5.91 Å². The van der Waals surface area contributed by atoms with Gasteiger partial charge in [-0.1, -0.05) is 30.3 Å². The van der Waals surface area contributed by atoms with Gasteiger partial charge in [-0.15, -0.1) is 0 Å². The third kappa shape index (κ3) is 4.70. The van der Waals surface area contributed by atoms with E-state index in [9.17, 15) is 9.18 Å². The number of aromatic nitrogens is 2. The number of carbonyl (C=O) groups is 1. The van der Waals surface area contributed by atoms with Crippen LogP contribution in [0.3, 0.4) is 0 Å². The second-order valence-electron chi connectivity index (χ2n) is 5.78. The van der Waals surface area contributed by atoms with E-state index in [4.69, 9.17) is 0 Å². The van der Waals surface area contributed by atoms with Crippen molar-refractivity contribution in [3.05, 3.63) is 95.8 Å². The molecular weight excluding hydrogens is 331 g/mol. The van der Waals surface area contributed by atoms with Gasteiger partial charge >= 0.3 is 0 Å². The topological polar surface area (TPSA) is 66.9 Å². The Labute approximate surface area is 151 Å². The molecule has 26 heavy (non-hydrogen) atoms. The highest BCUT2D eigenvalue weighted by Crippen LogP contribution is 2.18. The van der Waals surface area contributed by atoms with Crippen molar-refractivity contribution in [1.82, 2.24) is 20.6 Å². The summed E-state index contributed by atoms with van der Waals surface area (Å²) >= 11 is 0. The molecule has 6 heteroatoms. The van der Waals surface area contributed by atoms with Crippen molar-refractivity contribution < 1.29 is 9.18 Å². The van der Waals surface area contributed by atoms with Crippen LogP contribution in [0.4, 0.5) is 4.39 Å². The van der Waals surface area contributed by atoms with Gasteiger partial charge in [-0.3, -0.25) is 20.1 Å². The Hall–Kier alpha value is -3.12. The van der Waals surface area contributed by atoms with E-state index >= 15 is 0 Å². The van der Waals surface area contributed by atoms with Crippen LogP contribution >= 0.6 is 0 Å². The largest absolute Gasteiger partial charge is 0.350 e. The second kappa shape index (κ2) is 8.82. The highest BCUT2D eigenvalue weighted by Gasteiger charge is 2.22. The Morgan fingerprint density at radius 1 is 0.923 bits per heavy atom. The number of nitrogens with zero attached hydrogens (tertiary/aromatic N) is 2. The highest BCUT2D eigenvalue weighted by atomic mass is 19.1. The zero-order chi connectivity index (χ0) is 18.2. The van der Waals surface area contributed by atoms with Gasteiger partial charge in [-0.2, -0.15) is 0 Å². The van der Waals surface area contributed by atoms with Gasteiger partial charge in [-0.05, 0) is 29.3 Å². The minimum Gasteiger partial charge on any atom is -0.350 e. The highest BCUT2D eigenvalue weighted by molar-refractivity contribution is 5.83. The van der Waals surface area contributed by atoms with E-state index in [2.05, 4.69) is 20.6 Å². The summed E-state index contributed by atoms with van der Waals surface area (Å²) in [7, 11) is 0. The minimum absolute atomic E-state index is 0.303. The molecule has 0 fully saturated rings. The van der Waals surface area contributed by atoms with E-state index in [0.29, 0.717) is 18.7 Å². The number of benzene rings is 1. The first-order valence-electron chi connectivity index (χ1n) is 8.27. The molecular formula is C20H19FN4O. The lowest BCUT2D eigenvalue weighted by Crippen LogP contribution is -2.37. The van der Waals surface area contributed by atoms with Gasteiger partial charge in [0.15, 0.2) is 0 Å². The molecule has 2 N–H and O–H groups in total. The quantitative estimate of drug-likeness (QED) is 0.688. The van der Waals surface area contributed by atoms with E-state index in [1.807, 2.05) is 18.2 Å². The molecule has 1 unspecified atom stereocenters. The molecule has 0 saturated carbocycles. The van der Waals surface area contributed by atoms with E-state index in [0.717, 1.165) is 11.1 Å². The Morgan fingerprint density at radius 2 is 1.58 bits per heavy atom. The molecule has 0 bridgehead atoms. The van der Waals surface area contributed by atoms with Crippen LogP contribution in [0, 0.1) is 5.82 Å². The molecule has 2 heterocycles. The molecule has 0 aliphatic heterocycles. The fourth-order valence-electron chi connectivity index (χ4n) is 2.57. The van der Waals surface area contributed by atoms with Crippen LogP contribution in [0.1, 0.15) is 22.7 Å². The lowest BCUT2D eigenvalue weighted by atomic mass is 10.0. The SMILES string of the molecule is O=C(NCc1cccnc1)C(NCc1cccnc1)c1ccccc1F. The van der Waals surface area contributed by atoms with E-state index in [-0.39, 0.29) is 5.91 Å². The number of pyridine rings is 2. The predicted octanol–water partition coefficient (Wildman–Crippen LogP) is 2.76. The fourth-order valence-corrected chi connectivity index (χ4v) is 2.57. The second-order valence-corrected chi connectivity index (χ2v) is 5.78. The molecule has 2 aromatic heterocycles. The van der Waals surface area contributed by atoms with Crippen molar-refractivity contribution in [3.8, 4) is 0 Å². The Morgan fingerprint density at radius 3 is 2.19 bits per heavy atom. The Kier molecular flexibility index (Phi) is 6.01. The van der Waals surface area contributed by atoms with Crippen molar-refractivity contribution in [2.24, 2.45) is 0 Å². The lowest BCUT2D eigenvalue weighted by Gasteiger charge is -2.19. The monoisotopic (exact) mass is 350 g/mol. The molecule has 0 aliphatic rings. The summed E-state index contributed by atoms with van der Waals surface area (Å²) < 4.78 is 14.2. The first kappa shape index (κ1) is 17.7. The number of amides is 1. The van der Waals surface area contributed by atoms with Crippen molar-refractivity contribution in [1.29, 1.82) is 0 Å². The number of hydrogen-bond acceptors (Lipinski definition) is 4. The van der Waals surface area contributed by atoms with Crippen molar-refractivity contribution in [2.45, 2.75) is 19.1 Å². The molecule has 0 spiro atoms. The van der Waals surface area contributed by atoms with Gasteiger partial charge in [0.1, 0.15) is 11.9 Å². The first-order chi connectivity index (χ1) is 12.7. The predicted molar refractivity (Wildman–Crippen MR) is 96.3 cm³/mol. The van der Waals surface area contributed by atoms with Crippen LogP contribution in [0.25, 0.3) is 0 Å². The smallest absolute Gasteiger partial charge is 0.242 e. The van der Waals surface area contributed by atoms with Gasteiger partial charge in [0, 0.05) is 43.4 Å². The van der Waals surface area contributed by atoms with Gasteiger partial charge in [0.25, 0.3) is 0 Å². The number of halogens is 1. The van der Waals surface area contributed by atoms with Gasteiger partial charge in [0.05, 0.1) is 0 Å². The van der Waals surface area contributed by atoms with Crippen molar-refractivity contribution in [2.75, 3.05) is 0 Å². The average molecular weight is 350 g/mol. The Balaban J connectivity index is 1.73. The van der Waals surface area contributed by atoms with Crippen LogP contribution < -0.4 is 10.6 Å². The van der Waals surface area contributed by atoms with Gasteiger partial charge < -0.3 is 5.32 Å². The Bertz CT molecular complexity index is 843. The summed E-state index contributed by atoms with van der Waals surface area (Å²) in [4.78, 5) is 20.8. The maximum atomic E-state index is 14.2. The maximum absolute atomic E-state index is 14.2. The third-order valence-corrected chi connectivity index (χ3v) is 3.90. The first-order valence-corrected chi connectivity index (χ1v) is 8.27. The third-order valence-electron chi connectivity index (χ3n) is 3.90. The summed E-state index contributed by atoms with van der Waals surface area (Å²) in [6.07, 6.45) is 6.74. The molecule has 0 radical (unpaired) electrons. The van der Waals surface area contributed by atoms with E-state index in [1.54, 1.807) is 49.1 Å². The number of carbonyl (C=O) groups excluding carboxylic acids is 1. The molecule has 5 nitrogen and oxygen atoms in total. The molecule has 3 aromatic rings. The van der Waals surface area contributed by atoms with Crippen LogP contribution in [-0.2, 0) is 17.9 Å². The summed E-state index contributed by atoms with van der Waals surface area (Å²) in [6, 6.07) is 12.8. The normalized spacial score (nSPS) is 11.7. The summed E-state index contributed by atoms with van der Waals surface area (Å²) in [5, 5.41) is 5.96. The maximum Gasteiger partial charge on any atom is 0.242 e. The minimum atomic E-state index is -0.812. The number of hydrogen-bond donors (Lipinski definition) is 2. The molecule has 132 valence electrons. The van der Waals surface area contributed by atoms with Crippen LogP contribution in [-0.4, -0.2) is 15.9 Å². The zero-order valence-corrected chi connectivity index (χ0v) is 14.1. The molecule has 0 saturated heterocycles. The number of nitrogens with one attached hydrogen (secondary N) is 2. The molecule has 3 rings (SSSR count). The van der Waals surface area contributed by atoms with Crippen molar-refractivity contribution in [3.63, 3.8) is 0 Å². The van der Waals surface area contributed by atoms with Gasteiger partial charge in [0.2, 0.25) is 5.91 Å². The van der Waals surface area contributed by atoms with Gasteiger partial charge in [-0.25, -0.2) is 4.39 Å². The van der Waals surface area contributed by atoms with Crippen LogP contribution in [0.15, 0.2) is 73.3 Å². The number of rotatable bonds is 7. The summed E-state index contributed by atoms with van der Waals surface area (Å²) in [6.45, 7) is 0.722. The molecule has 1 aromatic carbocycles. The zero-order valence-electron chi connectivity index (χ0n) is 14.1. The summed E-state index contributed by atoms with van der Waals surface area (Å²) in [5.41, 5.74) is 2.09.